The molecule has 1 aromatic rings. The minimum atomic E-state index is -1.47. The first kappa shape index (κ1) is 14.1. The van der Waals surface area contributed by atoms with Crippen LogP contribution in [0.1, 0.15) is 12.5 Å². The van der Waals surface area contributed by atoms with E-state index in [0.29, 0.717) is 0 Å². The molecule has 0 heterocycles. The van der Waals surface area contributed by atoms with Crippen LogP contribution >= 0.6 is 0 Å². The minimum Gasteiger partial charge on any atom is -0.390 e. The lowest BCUT2D eigenvalue weighted by Gasteiger charge is -2.36. The summed E-state index contributed by atoms with van der Waals surface area (Å²) in [5, 5.41) is 20.3. The number of benzene rings is 1. The molecule has 0 aliphatic rings. The van der Waals surface area contributed by atoms with Crippen molar-refractivity contribution >= 4 is 0 Å². The summed E-state index contributed by atoms with van der Waals surface area (Å²) in [6.45, 7) is 1.52. The third kappa shape index (κ3) is 3.26. The van der Waals surface area contributed by atoms with E-state index in [4.69, 9.17) is 9.47 Å². The zero-order valence-corrected chi connectivity index (χ0v) is 10.5. The van der Waals surface area contributed by atoms with E-state index in [1.165, 1.54) is 21.1 Å². The highest BCUT2D eigenvalue weighted by Gasteiger charge is 2.42. The van der Waals surface area contributed by atoms with Crippen LogP contribution in [0.2, 0.25) is 0 Å². The van der Waals surface area contributed by atoms with Crippen LogP contribution in [0.25, 0.3) is 0 Å². The first-order valence-electron chi connectivity index (χ1n) is 5.54. The monoisotopic (exact) mass is 240 g/mol. The van der Waals surface area contributed by atoms with Gasteiger partial charge in [0.05, 0.1) is 6.10 Å². The SMILES string of the molecule is COC(OC)[C@](O)(Cc1ccccc1)[C@H](C)O. The number of aliphatic hydroxyl groups excluding tert-OH is 1. The Morgan fingerprint density at radius 2 is 1.71 bits per heavy atom. The number of ether oxygens (including phenoxy) is 2. The van der Waals surface area contributed by atoms with Crippen molar-refractivity contribution in [3.63, 3.8) is 0 Å². The molecule has 4 heteroatoms. The maximum Gasteiger partial charge on any atom is 0.188 e. The topological polar surface area (TPSA) is 58.9 Å². The lowest BCUT2D eigenvalue weighted by molar-refractivity contribution is -0.244. The molecule has 1 rings (SSSR count). The maximum atomic E-state index is 10.5. The van der Waals surface area contributed by atoms with Gasteiger partial charge < -0.3 is 19.7 Å². The average Bonchev–Trinajstić information content (AvgIpc) is 2.31. The van der Waals surface area contributed by atoms with Crippen molar-refractivity contribution in [2.75, 3.05) is 14.2 Å². The number of rotatable bonds is 6. The molecule has 0 saturated carbocycles. The Labute approximate surface area is 102 Å². The molecule has 2 atom stereocenters. The van der Waals surface area contributed by atoms with Crippen LogP contribution in [0.15, 0.2) is 30.3 Å². The first-order chi connectivity index (χ1) is 8.04. The fraction of sp³-hybridized carbons (Fsp3) is 0.538. The molecule has 0 saturated heterocycles. The quantitative estimate of drug-likeness (QED) is 0.727. The fourth-order valence-corrected chi connectivity index (χ4v) is 1.86. The summed E-state index contributed by atoms with van der Waals surface area (Å²) in [5.74, 6) is 0. The second kappa shape index (κ2) is 6.12. The standard InChI is InChI=1S/C13H20O4/c1-10(14)13(15,12(16-2)17-3)9-11-7-5-4-6-8-11/h4-8,10,12,14-15H,9H2,1-3H3/t10-,13-/m0/s1. The first-order valence-corrected chi connectivity index (χ1v) is 5.54. The Bertz CT molecular complexity index is 321. The summed E-state index contributed by atoms with van der Waals surface area (Å²) in [7, 11) is 2.87. The van der Waals surface area contributed by atoms with Crippen LogP contribution in [-0.4, -0.2) is 42.4 Å². The highest BCUT2D eigenvalue weighted by atomic mass is 16.7. The van der Waals surface area contributed by atoms with Crippen LogP contribution < -0.4 is 0 Å². The summed E-state index contributed by atoms with van der Waals surface area (Å²) >= 11 is 0. The van der Waals surface area contributed by atoms with Crippen LogP contribution in [0.4, 0.5) is 0 Å². The zero-order valence-electron chi connectivity index (χ0n) is 10.5. The zero-order chi connectivity index (χ0) is 12.9. The summed E-state index contributed by atoms with van der Waals surface area (Å²) < 4.78 is 10.1. The normalized spacial score (nSPS) is 16.8. The van der Waals surface area contributed by atoms with Crippen LogP contribution in [0.5, 0.6) is 0 Å². The Morgan fingerprint density at radius 3 is 2.12 bits per heavy atom. The Hall–Kier alpha value is -0.940. The van der Waals surface area contributed by atoms with Gasteiger partial charge in [0.1, 0.15) is 5.60 Å². The van der Waals surface area contributed by atoms with Crippen LogP contribution in [0.3, 0.4) is 0 Å². The molecule has 0 aromatic heterocycles. The van der Waals surface area contributed by atoms with Gasteiger partial charge in [0.15, 0.2) is 6.29 Å². The molecule has 4 nitrogen and oxygen atoms in total. The van der Waals surface area contributed by atoms with E-state index in [2.05, 4.69) is 0 Å². The van der Waals surface area contributed by atoms with E-state index in [1.807, 2.05) is 30.3 Å². The van der Waals surface area contributed by atoms with Gasteiger partial charge in [-0.2, -0.15) is 0 Å². The Balaban J connectivity index is 2.92. The molecular weight excluding hydrogens is 220 g/mol. The highest BCUT2D eigenvalue weighted by molar-refractivity contribution is 5.18. The smallest absolute Gasteiger partial charge is 0.188 e. The van der Waals surface area contributed by atoms with E-state index in [1.54, 1.807) is 0 Å². The molecule has 0 amide bonds. The summed E-state index contributed by atoms with van der Waals surface area (Å²) in [5.41, 5.74) is -0.555. The van der Waals surface area contributed by atoms with E-state index in [9.17, 15) is 10.2 Å². The van der Waals surface area contributed by atoms with E-state index in [-0.39, 0.29) is 6.42 Å². The number of methoxy groups -OCH3 is 2. The van der Waals surface area contributed by atoms with Gasteiger partial charge in [-0.3, -0.25) is 0 Å². The summed E-state index contributed by atoms with van der Waals surface area (Å²) in [6, 6.07) is 9.43. The predicted molar refractivity (Wildman–Crippen MR) is 64.6 cm³/mol. The predicted octanol–water partition coefficient (Wildman–Crippen LogP) is 0.960. The molecule has 0 radical (unpaired) electrons. The van der Waals surface area contributed by atoms with Crippen molar-refractivity contribution in [3.8, 4) is 0 Å². The fourth-order valence-electron chi connectivity index (χ4n) is 1.86. The number of hydrogen-bond donors (Lipinski definition) is 2. The van der Waals surface area contributed by atoms with E-state index < -0.39 is 18.0 Å². The summed E-state index contributed by atoms with van der Waals surface area (Å²) in [4.78, 5) is 0. The largest absolute Gasteiger partial charge is 0.390 e. The highest BCUT2D eigenvalue weighted by Crippen LogP contribution is 2.24. The van der Waals surface area contributed by atoms with Crippen molar-refractivity contribution in [3.05, 3.63) is 35.9 Å². The number of aliphatic hydroxyl groups is 2. The number of hydrogen-bond acceptors (Lipinski definition) is 4. The van der Waals surface area contributed by atoms with Gasteiger partial charge in [-0.05, 0) is 12.5 Å². The average molecular weight is 240 g/mol. The minimum absolute atomic E-state index is 0.262. The molecular formula is C13H20O4. The molecule has 0 aliphatic heterocycles. The van der Waals surface area contributed by atoms with Crippen molar-refractivity contribution in [1.82, 2.24) is 0 Å². The Morgan fingerprint density at radius 1 is 1.18 bits per heavy atom. The maximum absolute atomic E-state index is 10.5. The van der Waals surface area contributed by atoms with Crippen molar-refractivity contribution in [2.45, 2.75) is 31.3 Å². The van der Waals surface area contributed by atoms with Gasteiger partial charge in [0, 0.05) is 20.6 Å². The third-order valence-corrected chi connectivity index (χ3v) is 2.89. The Kier molecular flexibility index (Phi) is 5.08. The van der Waals surface area contributed by atoms with Crippen molar-refractivity contribution < 1.29 is 19.7 Å². The van der Waals surface area contributed by atoms with Crippen LogP contribution in [0, 0.1) is 0 Å². The van der Waals surface area contributed by atoms with Crippen molar-refractivity contribution in [1.29, 1.82) is 0 Å². The summed E-state index contributed by atoms with van der Waals surface area (Å²) in [6.07, 6.45) is -1.58. The second-order valence-corrected chi connectivity index (χ2v) is 4.13. The third-order valence-electron chi connectivity index (χ3n) is 2.89. The van der Waals surface area contributed by atoms with Gasteiger partial charge >= 0.3 is 0 Å². The van der Waals surface area contributed by atoms with Gasteiger partial charge in [-0.25, -0.2) is 0 Å². The molecule has 0 spiro atoms. The lowest BCUT2D eigenvalue weighted by Crippen LogP contribution is -2.54. The molecule has 17 heavy (non-hydrogen) atoms. The van der Waals surface area contributed by atoms with E-state index in [0.717, 1.165) is 5.56 Å². The molecule has 96 valence electrons. The second-order valence-electron chi connectivity index (χ2n) is 4.13. The molecule has 0 bridgehead atoms. The van der Waals surface area contributed by atoms with Gasteiger partial charge in [-0.15, -0.1) is 0 Å². The van der Waals surface area contributed by atoms with E-state index >= 15 is 0 Å². The van der Waals surface area contributed by atoms with Gasteiger partial charge in [-0.1, -0.05) is 30.3 Å². The molecule has 1 aromatic carbocycles. The molecule has 0 unspecified atom stereocenters. The molecule has 0 fully saturated rings. The lowest BCUT2D eigenvalue weighted by atomic mass is 9.89. The molecule has 0 aliphatic carbocycles. The van der Waals surface area contributed by atoms with Crippen LogP contribution in [-0.2, 0) is 15.9 Å². The molecule has 2 N–H and O–H groups in total. The van der Waals surface area contributed by atoms with Crippen molar-refractivity contribution in [2.24, 2.45) is 0 Å². The van der Waals surface area contributed by atoms with Gasteiger partial charge in [0.25, 0.3) is 0 Å². The van der Waals surface area contributed by atoms with Gasteiger partial charge in [0.2, 0.25) is 0 Å².